The average molecular weight is 293 g/mol. The number of halogens is 1. The number of hydrogen-bond donors (Lipinski definition) is 2. The number of carbonyl (C=O) groups excluding carboxylic acids is 1. The first kappa shape index (κ1) is 12.7. The molecule has 0 aliphatic carbocycles. The Bertz CT molecular complexity index is 624. The highest BCUT2D eigenvalue weighted by Gasteiger charge is 2.16. The van der Waals surface area contributed by atoms with Crippen LogP contribution in [-0.2, 0) is 13.0 Å². The highest BCUT2D eigenvalue weighted by atomic mass is 35.5. The van der Waals surface area contributed by atoms with Gasteiger partial charge in [-0.05, 0) is 41.6 Å². The number of rotatable bonds is 2. The number of thiophene rings is 1. The lowest BCUT2D eigenvalue weighted by Crippen LogP contribution is -2.25. The Morgan fingerprint density at radius 2 is 2.26 bits per heavy atom. The predicted molar refractivity (Wildman–Crippen MR) is 79.1 cm³/mol. The zero-order valence-electron chi connectivity index (χ0n) is 10.2. The number of amides is 1. The van der Waals surface area contributed by atoms with Gasteiger partial charge in [-0.15, -0.1) is 11.3 Å². The summed E-state index contributed by atoms with van der Waals surface area (Å²) in [7, 11) is 0. The van der Waals surface area contributed by atoms with E-state index in [1.54, 1.807) is 6.07 Å². The minimum atomic E-state index is -0.140. The van der Waals surface area contributed by atoms with Crippen LogP contribution in [0.25, 0.3) is 0 Å². The summed E-state index contributed by atoms with van der Waals surface area (Å²) in [5.74, 6) is -0.140. The Hall–Kier alpha value is -1.36. The highest BCUT2D eigenvalue weighted by molar-refractivity contribution is 7.12. The van der Waals surface area contributed by atoms with Gasteiger partial charge in [0.15, 0.2) is 0 Å². The van der Waals surface area contributed by atoms with Crippen LogP contribution in [0.4, 0.5) is 5.69 Å². The molecule has 0 saturated carbocycles. The van der Waals surface area contributed by atoms with Gasteiger partial charge in [0.2, 0.25) is 0 Å². The van der Waals surface area contributed by atoms with E-state index in [9.17, 15) is 4.79 Å². The molecule has 3 nitrogen and oxygen atoms in total. The summed E-state index contributed by atoms with van der Waals surface area (Å²) in [5, 5.41) is 8.61. The van der Waals surface area contributed by atoms with Gasteiger partial charge in [0.1, 0.15) is 4.88 Å². The van der Waals surface area contributed by atoms with Crippen LogP contribution < -0.4 is 10.6 Å². The third-order valence-electron chi connectivity index (χ3n) is 3.22. The molecular weight excluding hydrogens is 280 g/mol. The molecule has 0 fully saturated rings. The van der Waals surface area contributed by atoms with Gasteiger partial charge in [-0.25, -0.2) is 0 Å². The van der Waals surface area contributed by atoms with E-state index in [0.29, 0.717) is 9.90 Å². The first-order valence-electron chi connectivity index (χ1n) is 6.11. The summed E-state index contributed by atoms with van der Waals surface area (Å²) in [4.78, 5) is 12.7. The van der Waals surface area contributed by atoms with E-state index in [2.05, 4.69) is 16.7 Å². The Balaban J connectivity index is 1.88. The van der Waals surface area contributed by atoms with Crippen molar-refractivity contribution < 1.29 is 4.79 Å². The molecule has 2 heterocycles. The van der Waals surface area contributed by atoms with Crippen molar-refractivity contribution in [3.8, 4) is 0 Å². The molecular formula is C14H13ClN2OS. The van der Waals surface area contributed by atoms with Crippen molar-refractivity contribution in [2.45, 2.75) is 13.0 Å². The van der Waals surface area contributed by atoms with Gasteiger partial charge in [-0.3, -0.25) is 4.79 Å². The van der Waals surface area contributed by atoms with Crippen molar-refractivity contribution in [3.05, 3.63) is 50.7 Å². The third-order valence-corrected chi connectivity index (χ3v) is 4.56. The Kier molecular flexibility index (Phi) is 3.55. The van der Waals surface area contributed by atoms with E-state index in [0.717, 1.165) is 25.2 Å². The molecule has 1 aromatic carbocycles. The molecule has 0 radical (unpaired) electrons. The molecule has 5 heteroatoms. The lowest BCUT2D eigenvalue weighted by atomic mass is 9.99. The Morgan fingerprint density at radius 1 is 1.37 bits per heavy atom. The smallest absolute Gasteiger partial charge is 0.267 e. The van der Waals surface area contributed by atoms with Crippen molar-refractivity contribution in [1.29, 1.82) is 0 Å². The van der Waals surface area contributed by atoms with E-state index in [4.69, 9.17) is 11.6 Å². The Morgan fingerprint density at radius 3 is 3.05 bits per heavy atom. The fraction of sp³-hybridized carbons (Fsp3) is 0.214. The molecule has 98 valence electrons. The molecule has 1 aliphatic rings. The molecule has 0 unspecified atom stereocenters. The number of benzene rings is 1. The molecule has 1 aromatic heterocycles. The number of anilines is 1. The highest BCUT2D eigenvalue weighted by Crippen LogP contribution is 2.26. The minimum Gasteiger partial charge on any atom is -0.321 e. The van der Waals surface area contributed by atoms with Crippen LogP contribution >= 0.6 is 22.9 Å². The largest absolute Gasteiger partial charge is 0.321 e. The monoisotopic (exact) mass is 292 g/mol. The fourth-order valence-corrected chi connectivity index (χ4v) is 3.30. The summed E-state index contributed by atoms with van der Waals surface area (Å²) in [6.45, 7) is 1.78. The fourth-order valence-electron chi connectivity index (χ4n) is 2.27. The first-order chi connectivity index (χ1) is 9.25. The van der Waals surface area contributed by atoms with Gasteiger partial charge in [-0.1, -0.05) is 23.7 Å². The van der Waals surface area contributed by atoms with Crippen LogP contribution in [0.2, 0.25) is 5.02 Å². The van der Waals surface area contributed by atoms with Crippen molar-refractivity contribution >= 4 is 34.5 Å². The number of nitrogens with one attached hydrogen (secondary N) is 2. The van der Waals surface area contributed by atoms with Crippen molar-refractivity contribution in [1.82, 2.24) is 5.32 Å². The van der Waals surface area contributed by atoms with Crippen molar-refractivity contribution in [2.24, 2.45) is 0 Å². The van der Waals surface area contributed by atoms with Gasteiger partial charge in [0.25, 0.3) is 5.91 Å². The molecule has 0 bridgehead atoms. The van der Waals surface area contributed by atoms with E-state index >= 15 is 0 Å². The molecule has 0 spiro atoms. The average Bonchev–Trinajstić information content (AvgIpc) is 2.85. The van der Waals surface area contributed by atoms with Gasteiger partial charge in [0.05, 0.1) is 5.02 Å². The van der Waals surface area contributed by atoms with Gasteiger partial charge in [0, 0.05) is 12.2 Å². The predicted octanol–water partition coefficient (Wildman–Crippen LogP) is 3.30. The van der Waals surface area contributed by atoms with Crippen LogP contribution in [0.5, 0.6) is 0 Å². The zero-order chi connectivity index (χ0) is 13.2. The number of carbonyl (C=O) groups is 1. The maximum atomic E-state index is 12.2. The molecule has 2 aromatic rings. The van der Waals surface area contributed by atoms with Crippen LogP contribution in [0.15, 0.2) is 29.6 Å². The molecule has 0 atom stereocenters. The SMILES string of the molecule is O=C(Nc1cccc2c1CNCC2)c1sccc1Cl. The Labute approximate surface area is 120 Å². The zero-order valence-corrected chi connectivity index (χ0v) is 11.8. The van der Waals surface area contributed by atoms with Gasteiger partial charge >= 0.3 is 0 Å². The van der Waals surface area contributed by atoms with Crippen molar-refractivity contribution in [2.75, 3.05) is 11.9 Å². The molecule has 19 heavy (non-hydrogen) atoms. The van der Waals surface area contributed by atoms with E-state index < -0.39 is 0 Å². The van der Waals surface area contributed by atoms with E-state index in [1.165, 1.54) is 22.5 Å². The van der Waals surface area contributed by atoms with Crippen molar-refractivity contribution in [3.63, 3.8) is 0 Å². The summed E-state index contributed by atoms with van der Waals surface area (Å²) < 4.78 is 0. The summed E-state index contributed by atoms with van der Waals surface area (Å²) in [6.07, 6.45) is 0.999. The third kappa shape index (κ3) is 2.52. The first-order valence-corrected chi connectivity index (χ1v) is 7.37. The number of fused-ring (bicyclic) bond motifs is 1. The summed E-state index contributed by atoms with van der Waals surface area (Å²) >= 11 is 7.34. The second-order valence-electron chi connectivity index (χ2n) is 4.42. The maximum Gasteiger partial charge on any atom is 0.267 e. The lowest BCUT2D eigenvalue weighted by molar-refractivity contribution is 0.103. The molecule has 1 aliphatic heterocycles. The quantitative estimate of drug-likeness (QED) is 0.892. The normalized spacial score (nSPS) is 13.9. The molecule has 2 N–H and O–H groups in total. The number of hydrogen-bond acceptors (Lipinski definition) is 3. The van der Waals surface area contributed by atoms with Gasteiger partial charge in [-0.2, -0.15) is 0 Å². The van der Waals surface area contributed by atoms with Crippen LogP contribution in [0, 0.1) is 0 Å². The van der Waals surface area contributed by atoms with Crippen LogP contribution in [-0.4, -0.2) is 12.5 Å². The van der Waals surface area contributed by atoms with Crippen LogP contribution in [0.3, 0.4) is 0 Å². The standard InChI is InChI=1S/C14H13ClN2OS/c15-11-5-7-19-13(11)14(18)17-12-3-1-2-9-4-6-16-8-10(9)12/h1-3,5,7,16H,4,6,8H2,(H,17,18). The maximum absolute atomic E-state index is 12.2. The molecule has 3 rings (SSSR count). The lowest BCUT2D eigenvalue weighted by Gasteiger charge is -2.20. The second-order valence-corrected chi connectivity index (χ2v) is 5.75. The van der Waals surface area contributed by atoms with E-state index in [1.807, 2.05) is 17.5 Å². The topological polar surface area (TPSA) is 41.1 Å². The van der Waals surface area contributed by atoms with E-state index in [-0.39, 0.29) is 5.91 Å². The summed E-state index contributed by atoms with van der Waals surface area (Å²) in [5.41, 5.74) is 3.35. The molecule has 0 saturated heterocycles. The van der Waals surface area contributed by atoms with Gasteiger partial charge < -0.3 is 10.6 Å². The summed E-state index contributed by atoms with van der Waals surface area (Å²) in [6, 6.07) is 7.77. The van der Waals surface area contributed by atoms with Crippen LogP contribution in [0.1, 0.15) is 20.8 Å². The second kappa shape index (κ2) is 5.33. The minimum absolute atomic E-state index is 0.140. The molecule has 1 amide bonds.